The zero-order valence-electron chi connectivity index (χ0n) is 18.5. The predicted octanol–water partition coefficient (Wildman–Crippen LogP) is 5.79. The van der Waals surface area contributed by atoms with Gasteiger partial charge in [0.2, 0.25) is 0 Å². The number of benzene rings is 3. The van der Waals surface area contributed by atoms with E-state index in [1.54, 1.807) is 6.21 Å². The van der Waals surface area contributed by atoms with Crippen molar-refractivity contribution in [1.29, 1.82) is 0 Å². The Morgan fingerprint density at radius 2 is 1.85 bits per heavy atom. The molecular formula is C28H25N3O2. The van der Waals surface area contributed by atoms with E-state index in [0.29, 0.717) is 18.6 Å². The number of hydrogen-bond acceptors (Lipinski definition) is 4. The van der Waals surface area contributed by atoms with Gasteiger partial charge >= 0.3 is 0 Å². The van der Waals surface area contributed by atoms with E-state index in [1.807, 2.05) is 91.9 Å². The van der Waals surface area contributed by atoms with E-state index >= 15 is 0 Å². The molecule has 1 heterocycles. The van der Waals surface area contributed by atoms with Crippen LogP contribution in [-0.2, 0) is 6.42 Å². The van der Waals surface area contributed by atoms with Crippen LogP contribution in [0.5, 0.6) is 5.75 Å². The van der Waals surface area contributed by atoms with Crippen molar-refractivity contribution in [3.8, 4) is 17.0 Å². The normalized spacial score (nSPS) is 10.9. The number of aromatic nitrogens is 1. The topological polar surface area (TPSA) is 63.6 Å². The number of pyridine rings is 1. The van der Waals surface area contributed by atoms with E-state index < -0.39 is 0 Å². The number of nitrogens with zero attached hydrogens (tertiary/aromatic N) is 2. The van der Waals surface area contributed by atoms with Crippen LogP contribution >= 0.6 is 0 Å². The largest absolute Gasteiger partial charge is 0.494 e. The maximum atomic E-state index is 13.1. The minimum atomic E-state index is -0.292. The number of ether oxygens (including phenoxy) is 1. The van der Waals surface area contributed by atoms with Crippen molar-refractivity contribution in [3.63, 3.8) is 0 Å². The average Bonchev–Trinajstić information content (AvgIpc) is 2.85. The van der Waals surface area contributed by atoms with Crippen LogP contribution in [0.25, 0.3) is 22.2 Å². The molecule has 0 aliphatic heterocycles. The molecule has 0 unspecified atom stereocenters. The summed E-state index contributed by atoms with van der Waals surface area (Å²) in [4.78, 5) is 17.8. The van der Waals surface area contributed by atoms with Crippen LogP contribution in [0, 0.1) is 0 Å². The Morgan fingerprint density at radius 3 is 2.64 bits per heavy atom. The molecule has 0 saturated carbocycles. The molecular weight excluding hydrogens is 410 g/mol. The Morgan fingerprint density at radius 1 is 1.06 bits per heavy atom. The van der Waals surface area contributed by atoms with Gasteiger partial charge in [0.1, 0.15) is 5.75 Å². The Kier molecular flexibility index (Phi) is 6.90. The number of allylic oxidation sites excluding steroid dienone is 1. The quantitative estimate of drug-likeness (QED) is 0.216. The van der Waals surface area contributed by atoms with Gasteiger partial charge in [-0.2, -0.15) is 5.10 Å². The molecule has 0 radical (unpaired) electrons. The van der Waals surface area contributed by atoms with Crippen LogP contribution in [0.1, 0.15) is 28.4 Å². The van der Waals surface area contributed by atoms with E-state index in [-0.39, 0.29) is 5.91 Å². The molecule has 4 rings (SSSR count). The fraction of sp³-hybridized carbons (Fsp3) is 0.107. The van der Waals surface area contributed by atoms with Crippen molar-refractivity contribution in [2.45, 2.75) is 13.3 Å². The van der Waals surface area contributed by atoms with E-state index in [0.717, 1.165) is 39.0 Å². The molecule has 0 aliphatic rings. The Hall–Kier alpha value is -4.25. The lowest BCUT2D eigenvalue weighted by Gasteiger charge is -2.10. The second-order valence-electron chi connectivity index (χ2n) is 7.43. The van der Waals surface area contributed by atoms with Crippen LogP contribution in [0.3, 0.4) is 0 Å². The van der Waals surface area contributed by atoms with Gasteiger partial charge in [0.15, 0.2) is 0 Å². The molecule has 0 bridgehead atoms. The molecule has 1 aromatic heterocycles. The second-order valence-corrected chi connectivity index (χ2v) is 7.43. The fourth-order valence-electron chi connectivity index (χ4n) is 3.64. The third kappa shape index (κ3) is 5.15. The minimum Gasteiger partial charge on any atom is -0.494 e. The summed E-state index contributed by atoms with van der Waals surface area (Å²) in [6.07, 6.45) is 4.15. The Balaban J connectivity index is 1.60. The summed E-state index contributed by atoms with van der Waals surface area (Å²) >= 11 is 0. The summed E-state index contributed by atoms with van der Waals surface area (Å²) in [5.74, 6) is 0.537. The second kappa shape index (κ2) is 10.4. The first-order chi connectivity index (χ1) is 16.2. The lowest BCUT2D eigenvalue weighted by atomic mass is 10.0. The fourth-order valence-corrected chi connectivity index (χ4v) is 3.64. The van der Waals surface area contributed by atoms with Crippen molar-refractivity contribution in [3.05, 3.63) is 108 Å². The van der Waals surface area contributed by atoms with E-state index in [9.17, 15) is 4.79 Å². The maximum absolute atomic E-state index is 13.1. The third-order valence-electron chi connectivity index (χ3n) is 5.16. The van der Waals surface area contributed by atoms with Gasteiger partial charge in [-0.25, -0.2) is 10.4 Å². The maximum Gasteiger partial charge on any atom is 0.272 e. The Bertz CT molecular complexity index is 1310. The number of nitrogens with one attached hydrogen (secondary N) is 1. The SMILES string of the molecule is C=CCc1cc(/C=N/NC(=O)c2cc(-c3ccccc3)nc3ccccc23)ccc1OCC. The van der Waals surface area contributed by atoms with Gasteiger partial charge in [-0.15, -0.1) is 6.58 Å². The number of rotatable bonds is 8. The zero-order valence-corrected chi connectivity index (χ0v) is 18.5. The van der Waals surface area contributed by atoms with Crippen LogP contribution < -0.4 is 10.2 Å². The molecule has 5 heteroatoms. The summed E-state index contributed by atoms with van der Waals surface area (Å²) in [5.41, 5.74) is 7.52. The monoisotopic (exact) mass is 435 g/mol. The van der Waals surface area contributed by atoms with Gasteiger partial charge in [0.05, 0.1) is 29.6 Å². The molecule has 4 aromatic rings. The molecule has 0 aliphatic carbocycles. The molecule has 3 aromatic carbocycles. The van der Waals surface area contributed by atoms with Gasteiger partial charge in [0, 0.05) is 10.9 Å². The van der Waals surface area contributed by atoms with Crippen LogP contribution in [0.15, 0.2) is 96.6 Å². The number of amides is 1. The number of carbonyl (C=O) groups is 1. The summed E-state index contributed by atoms with van der Waals surface area (Å²) in [5, 5.41) is 4.97. The van der Waals surface area contributed by atoms with Crippen molar-refractivity contribution in [2.75, 3.05) is 6.61 Å². The van der Waals surface area contributed by atoms with Crippen LogP contribution in [-0.4, -0.2) is 23.7 Å². The molecule has 0 fully saturated rings. The van der Waals surface area contributed by atoms with Crippen LogP contribution in [0.2, 0.25) is 0 Å². The number of fused-ring (bicyclic) bond motifs is 1. The first kappa shape index (κ1) is 22.0. The summed E-state index contributed by atoms with van der Waals surface area (Å²) < 4.78 is 5.67. The van der Waals surface area contributed by atoms with Crippen molar-refractivity contribution < 1.29 is 9.53 Å². The van der Waals surface area contributed by atoms with E-state index in [2.05, 4.69) is 17.1 Å². The number of hydrogen-bond donors (Lipinski definition) is 1. The average molecular weight is 436 g/mol. The molecule has 1 amide bonds. The van der Waals surface area contributed by atoms with Gasteiger partial charge < -0.3 is 4.74 Å². The van der Waals surface area contributed by atoms with Crippen molar-refractivity contribution in [1.82, 2.24) is 10.4 Å². The number of carbonyl (C=O) groups excluding carboxylic acids is 1. The van der Waals surface area contributed by atoms with Gasteiger partial charge in [-0.1, -0.05) is 54.6 Å². The molecule has 164 valence electrons. The lowest BCUT2D eigenvalue weighted by molar-refractivity contribution is 0.0956. The van der Waals surface area contributed by atoms with Gasteiger partial charge in [-0.05, 0) is 54.8 Å². The first-order valence-electron chi connectivity index (χ1n) is 10.8. The highest BCUT2D eigenvalue weighted by molar-refractivity contribution is 6.07. The number of para-hydroxylation sites is 1. The van der Waals surface area contributed by atoms with Crippen LogP contribution in [0.4, 0.5) is 0 Å². The summed E-state index contributed by atoms with van der Waals surface area (Å²) in [6, 6.07) is 25.0. The third-order valence-corrected chi connectivity index (χ3v) is 5.16. The van der Waals surface area contributed by atoms with Crippen molar-refractivity contribution in [2.24, 2.45) is 5.10 Å². The molecule has 33 heavy (non-hydrogen) atoms. The predicted molar refractivity (Wildman–Crippen MR) is 134 cm³/mol. The van der Waals surface area contributed by atoms with Gasteiger partial charge in [-0.3, -0.25) is 4.79 Å². The minimum absolute atomic E-state index is 0.292. The molecule has 0 spiro atoms. The summed E-state index contributed by atoms with van der Waals surface area (Å²) in [7, 11) is 0. The van der Waals surface area contributed by atoms with E-state index in [1.165, 1.54) is 0 Å². The Labute approximate surface area is 193 Å². The standard InChI is InChI=1S/C28H25N3O2/c1-3-10-22-17-20(15-16-27(22)33-4-2)19-29-31-28(32)24-18-26(21-11-6-5-7-12-21)30-25-14-9-8-13-23(24)25/h3,5-9,11-19H,1,4,10H2,2H3,(H,31,32)/b29-19+. The highest BCUT2D eigenvalue weighted by Gasteiger charge is 2.13. The number of hydrazone groups is 1. The molecule has 0 saturated heterocycles. The van der Waals surface area contributed by atoms with Crippen molar-refractivity contribution >= 4 is 23.0 Å². The smallest absolute Gasteiger partial charge is 0.272 e. The molecule has 0 atom stereocenters. The highest BCUT2D eigenvalue weighted by Crippen LogP contribution is 2.25. The first-order valence-corrected chi connectivity index (χ1v) is 10.8. The lowest BCUT2D eigenvalue weighted by Crippen LogP contribution is -2.18. The van der Waals surface area contributed by atoms with Gasteiger partial charge in [0.25, 0.3) is 5.91 Å². The highest BCUT2D eigenvalue weighted by atomic mass is 16.5. The van der Waals surface area contributed by atoms with E-state index in [4.69, 9.17) is 9.72 Å². The zero-order chi connectivity index (χ0) is 23.0. The molecule has 1 N–H and O–H groups in total. The summed E-state index contributed by atoms with van der Waals surface area (Å²) in [6.45, 7) is 6.36. The molecule has 5 nitrogen and oxygen atoms in total.